The van der Waals surface area contributed by atoms with Gasteiger partial charge in [0.05, 0.1) is 0 Å². The summed E-state index contributed by atoms with van der Waals surface area (Å²) in [6, 6.07) is 0. The van der Waals surface area contributed by atoms with Crippen LogP contribution in [0.2, 0.25) is 0 Å². The zero-order valence-corrected chi connectivity index (χ0v) is 19.8. The van der Waals surface area contributed by atoms with E-state index in [-0.39, 0.29) is 17.4 Å². The molecule has 3 rings (SSSR count). The molecule has 0 aliphatic carbocycles. The second kappa shape index (κ2) is 10.2. The summed E-state index contributed by atoms with van der Waals surface area (Å²) in [6.07, 6.45) is 11.2. The molecule has 3 heterocycles. The molecule has 8 nitrogen and oxygen atoms in total. The highest BCUT2D eigenvalue weighted by Crippen LogP contribution is 2.43. The van der Waals surface area contributed by atoms with Gasteiger partial charge in [0, 0.05) is 58.5 Å². The molecule has 3 aliphatic rings. The number of hydrogen-bond acceptors (Lipinski definition) is 6. The standard InChI is InChI=1S/C24H38N4O4/c1-5-6-10-24(26-27-24)11-7-20(29)25-18-23(12-16-31-17-13-23)19-8-14-28(15-9-19)21(30)32-22(2,3)4/h1,19H,6-18H2,2-4H3,(H,25,29). The molecule has 2 saturated heterocycles. The molecule has 3 aliphatic heterocycles. The van der Waals surface area contributed by atoms with Crippen molar-refractivity contribution in [3.8, 4) is 12.3 Å². The summed E-state index contributed by atoms with van der Waals surface area (Å²) in [5.74, 6) is 3.10. The number of ether oxygens (including phenoxy) is 2. The van der Waals surface area contributed by atoms with Crippen LogP contribution in [-0.2, 0) is 14.3 Å². The predicted octanol–water partition coefficient (Wildman–Crippen LogP) is 3.90. The summed E-state index contributed by atoms with van der Waals surface area (Å²) < 4.78 is 11.2. The Morgan fingerprint density at radius 2 is 1.84 bits per heavy atom. The summed E-state index contributed by atoms with van der Waals surface area (Å²) in [5.41, 5.74) is -0.890. The van der Waals surface area contributed by atoms with E-state index in [1.54, 1.807) is 0 Å². The Morgan fingerprint density at radius 1 is 1.19 bits per heavy atom. The van der Waals surface area contributed by atoms with Crippen molar-refractivity contribution in [2.75, 3.05) is 32.8 Å². The van der Waals surface area contributed by atoms with Gasteiger partial charge >= 0.3 is 6.09 Å². The molecule has 0 bridgehead atoms. The maximum absolute atomic E-state index is 12.6. The van der Waals surface area contributed by atoms with Crippen molar-refractivity contribution in [1.82, 2.24) is 10.2 Å². The largest absolute Gasteiger partial charge is 0.444 e. The highest BCUT2D eigenvalue weighted by Gasteiger charge is 2.43. The number of carbonyl (C=O) groups excluding carboxylic acids is 2. The monoisotopic (exact) mass is 446 g/mol. The number of nitrogens with one attached hydrogen (secondary N) is 1. The van der Waals surface area contributed by atoms with E-state index in [9.17, 15) is 9.59 Å². The van der Waals surface area contributed by atoms with Crippen molar-refractivity contribution in [3.63, 3.8) is 0 Å². The quantitative estimate of drug-likeness (QED) is 0.572. The zero-order chi connectivity index (χ0) is 23.2. The van der Waals surface area contributed by atoms with Crippen LogP contribution in [0.3, 0.4) is 0 Å². The summed E-state index contributed by atoms with van der Waals surface area (Å²) in [5, 5.41) is 11.4. The van der Waals surface area contributed by atoms with Crippen LogP contribution < -0.4 is 5.32 Å². The summed E-state index contributed by atoms with van der Waals surface area (Å²) in [7, 11) is 0. The Labute approximate surface area is 191 Å². The molecular weight excluding hydrogens is 408 g/mol. The van der Waals surface area contributed by atoms with Crippen LogP contribution in [0.25, 0.3) is 0 Å². The Bertz CT molecular complexity index is 732. The van der Waals surface area contributed by atoms with Gasteiger partial charge < -0.3 is 19.7 Å². The van der Waals surface area contributed by atoms with Gasteiger partial charge in [0.2, 0.25) is 5.91 Å². The molecule has 0 aromatic carbocycles. The number of nitrogens with zero attached hydrogens (tertiary/aromatic N) is 3. The molecule has 0 aromatic rings. The van der Waals surface area contributed by atoms with Gasteiger partial charge in [-0.05, 0) is 57.8 Å². The molecule has 1 N–H and O–H groups in total. The van der Waals surface area contributed by atoms with E-state index < -0.39 is 11.3 Å². The molecule has 2 amide bonds. The topological polar surface area (TPSA) is 92.6 Å². The van der Waals surface area contributed by atoms with Crippen molar-refractivity contribution in [1.29, 1.82) is 0 Å². The highest BCUT2D eigenvalue weighted by atomic mass is 16.6. The molecule has 0 unspecified atom stereocenters. The first-order chi connectivity index (χ1) is 15.2. The molecule has 178 valence electrons. The van der Waals surface area contributed by atoms with Crippen LogP contribution in [0.5, 0.6) is 0 Å². The first kappa shape index (κ1) is 24.5. The summed E-state index contributed by atoms with van der Waals surface area (Å²) in [4.78, 5) is 26.8. The molecule has 8 heteroatoms. The van der Waals surface area contributed by atoms with Gasteiger partial charge in [-0.1, -0.05) is 0 Å². The van der Waals surface area contributed by atoms with Gasteiger partial charge in [-0.25, -0.2) is 4.79 Å². The lowest BCUT2D eigenvalue weighted by Crippen LogP contribution is -2.50. The van der Waals surface area contributed by atoms with Gasteiger partial charge in [-0.3, -0.25) is 4.79 Å². The average Bonchev–Trinajstić information content (AvgIpc) is 3.55. The number of hydrogen-bond donors (Lipinski definition) is 1. The van der Waals surface area contributed by atoms with Crippen LogP contribution in [0.15, 0.2) is 10.2 Å². The lowest BCUT2D eigenvalue weighted by molar-refractivity contribution is -0.123. The number of amides is 2. The van der Waals surface area contributed by atoms with Crippen molar-refractivity contribution in [2.24, 2.45) is 21.6 Å². The van der Waals surface area contributed by atoms with Crippen LogP contribution in [0, 0.1) is 23.7 Å². The molecule has 32 heavy (non-hydrogen) atoms. The van der Waals surface area contributed by atoms with E-state index in [4.69, 9.17) is 15.9 Å². The van der Waals surface area contributed by atoms with E-state index in [2.05, 4.69) is 21.5 Å². The molecular formula is C24H38N4O4. The third-order valence-corrected chi connectivity index (χ3v) is 6.94. The van der Waals surface area contributed by atoms with E-state index >= 15 is 0 Å². The Morgan fingerprint density at radius 3 is 2.41 bits per heavy atom. The van der Waals surface area contributed by atoms with Gasteiger partial charge in [-0.15, -0.1) is 12.3 Å². The summed E-state index contributed by atoms with van der Waals surface area (Å²) in [6.45, 7) is 9.13. The molecule has 0 spiro atoms. The number of rotatable bonds is 8. The average molecular weight is 447 g/mol. The van der Waals surface area contributed by atoms with E-state index in [1.165, 1.54) is 0 Å². The van der Waals surface area contributed by atoms with Crippen molar-refractivity contribution < 1.29 is 19.1 Å². The van der Waals surface area contributed by atoms with Gasteiger partial charge in [-0.2, -0.15) is 10.2 Å². The van der Waals surface area contributed by atoms with Crippen LogP contribution in [0.4, 0.5) is 4.79 Å². The smallest absolute Gasteiger partial charge is 0.410 e. The zero-order valence-electron chi connectivity index (χ0n) is 19.8. The molecule has 0 saturated carbocycles. The minimum atomic E-state index is -0.486. The first-order valence-electron chi connectivity index (χ1n) is 11.9. The van der Waals surface area contributed by atoms with Crippen molar-refractivity contribution in [2.45, 2.75) is 83.4 Å². The number of terminal acetylenes is 1. The lowest BCUT2D eigenvalue weighted by atomic mass is 9.66. The third kappa shape index (κ3) is 6.68. The number of carbonyl (C=O) groups is 2. The van der Waals surface area contributed by atoms with Crippen LogP contribution in [-0.4, -0.2) is 61.0 Å². The third-order valence-electron chi connectivity index (χ3n) is 6.94. The fraction of sp³-hybridized carbons (Fsp3) is 0.833. The number of piperidine rings is 1. The maximum Gasteiger partial charge on any atom is 0.410 e. The SMILES string of the molecule is C#CCCC1(CCC(=O)NCC2(C3CCN(C(=O)OC(C)(C)C)CC3)CCOCC2)N=N1. The predicted molar refractivity (Wildman–Crippen MR) is 121 cm³/mol. The van der Waals surface area contributed by atoms with Gasteiger partial charge in [0.1, 0.15) is 5.60 Å². The fourth-order valence-corrected chi connectivity index (χ4v) is 4.85. The van der Waals surface area contributed by atoms with E-state index in [0.29, 0.717) is 51.2 Å². The second-order valence-electron chi connectivity index (χ2n) is 10.4. The van der Waals surface area contributed by atoms with Crippen molar-refractivity contribution in [3.05, 3.63) is 0 Å². The molecule has 0 radical (unpaired) electrons. The minimum absolute atomic E-state index is 0.0173. The maximum atomic E-state index is 12.6. The van der Waals surface area contributed by atoms with Crippen LogP contribution >= 0.6 is 0 Å². The highest BCUT2D eigenvalue weighted by molar-refractivity contribution is 5.76. The molecule has 2 fully saturated rings. The summed E-state index contributed by atoms with van der Waals surface area (Å²) >= 11 is 0. The molecule has 0 aromatic heterocycles. The van der Waals surface area contributed by atoms with Gasteiger partial charge in [0.25, 0.3) is 0 Å². The van der Waals surface area contributed by atoms with E-state index in [0.717, 1.165) is 38.9 Å². The Balaban J connectivity index is 1.49. The normalized spacial score (nSPS) is 22.1. The van der Waals surface area contributed by atoms with Crippen molar-refractivity contribution >= 4 is 12.0 Å². The number of likely N-dealkylation sites (tertiary alicyclic amines) is 1. The fourth-order valence-electron chi connectivity index (χ4n) is 4.85. The Hall–Kier alpha value is -2.14. The molecule has 0 atom stereocenters. The lowest BCUT2D eigenvalue weighted by Gasteiger charge is -2.47. The van der Waals surface area contributed by atoms with Gasteiger partial charge in [0.15, 0.2) is 5.66 Å². The minimum Gasteiger partial charge on any atom is -0.444 e. The second-order valence-corrected chi connectivity index (χ2v) is 10.4. The Kier molecular flexibility index (Phi) is 7.81. The first-order valence-corrected chi connectivity index (χ1v) is 11.9. The van der Waals surface area contributed by atoms with E-state index in [1.807, 2.05) is 25.7 Å². The van der Waals surface area contributed by atoms with Crippen LogP contribution in [0.1, 0.15) is 72.1 Å².